The van der Waals surface area contributed by atoms with Crippen molar-refractivity contribution in [1.29, 1.82) is 0 Å². The smallest absolute Gasteiger partial charge is 0.122 e. The quantitative estimate of drug-likeness (QED) is 0.335. The number of benzene rings is 4. The van der Waals surface area contributed by atoms with Crippen molar-refractivity contribution in [2.45, 2.75) is 25.4 Å². The number of aliphatic hydroxyl groups is 2. The summed E-state index contributed by atoms with van der Waals surface area (Å²) in [5.74, 6) is 0.952. The van der Waals surface area contributed by atoms with Crippen LogP contribution in [0.5, 0.6) is 11.5 Å². The molecule has 5 rings (SSSR count). The number of phenols is 1. The summed E-state index contributed by atoms with van der Waals surface area (Å²) in [6, 6.07) is 29.0. The zero-order valence-corrected chi connectivity index (χ0v) is 19.3. The van der Waals surface area contributed by atoms with Gasteiger partial charge in [-0.3, -0.25) is 0 Å². The Balaban J connectivity index is 1.77. The number of hydrogen-bond donors (Lipinski definition) is 3. The maximum absolute atomic E-state index is 10.3. The van der Waals surface area contributed by atoms with Crippen LogP contribution in [0.3, 0.4) is 0 Å². The summed E-state index contributed by atoms with van der Waals surface area (Å²) in [6.07, 6.45) is -0.918. The molecular formula is C30H28O4. The number of ether oxygens (including phenoxy) is 1. The average Bonchev–Trinajstić information content (AvgIpc) is 3.16. The maximum atomic E-state index is 10.3. The summed E-state index contributed by atoms with van der Waals surface area (Å²) in [4.78, 5) is 0. The highest BCUT2D eigenvalue weighted by Gasteiger charge is 2.46. The highest BCUT2D eigenvalue weighted by molar-refractivity contribution is 5.86. The molecule has 4 nitrogen and oxygen atoms in total. The summed E-state index contributed by atoms with van der Waals surface area (Å²) >= 11 is 0. The van der Waals surface area contributed by atoms with Crippen LogP contribution >= 0.6 is 0 Å². The van der Waals surface area contributed by atoms with Crippen LogP contribution in [0, 0.1) is 13.8 Å². The van der Waals surface area contributed by atoms with Gasteiger partial charge in [0.1, 0.15) is 24.2 Å². The van der Waals surface area contributed by atoms with Gasteiger partial charge < -0.3 is 20.1 Å². The molecule has 4 heteroatoms. The molecule has 0 radical (unpaired) electrons. The first-order chi connectivity index (χ1) is 16.5. The molecule has 0 saturated heterocycles. The third kappa shape index (κ3) is 3.38. The molecule has 1 aliphatic rings. The summed E-state index contributed by atoms with van der Waals surface area (Å²) in [7, 11) is 0. The molecule has 4 aromatic rings. The van der Waals surface area contributed by atoms with Gasteiger partial charge in [-0.1, -0.05) is 72.8 Å². The van der Waals surface area contributed by atoms with Crippen LogP contribution < -0.4 is 4.74 Å². The lowest BCUT2D eigenvalue weighted by Crippen LogP contribution is -2.29. The largest absolute Gasteiger partial charge is 0.508 e. The lowest BCUT2D eigenvalue weighted by Gasteiger charge is -2.34. The summed E-state index contributed by atoms with van der Waals surface area (Å²) in [6.45, 7) is 3.61. The second kappa shape index (κ2) is 8.64. The first kappa shape index (κ1) is 22.2. The van der Waals surface area contributed by atoms with E-state index in [2.05, 4.69) is 66.7 Å². The van der Waals surface area contributed by atoms with Gasteiger partial charge in [-0.25, -0.2) is 0 Å². The number of hydrogen-bond acceptors (Lipinski definition) is 4. The molecule has 0 heterocycles. The predicted octanol–water partition coefficient (Wildman–Crippen LogP) is 5.10. The minimum absolute atomic E-state index is 0.0324. The number of aromatic hydroxyl groups is 1. The minimum atomic E-state index is -0.918. The Kier molecular flexibility index (Phi) is 5.64. The van der Waals surface area contributed by atoms with Gasteiger partial charge >= 0.3 is 0 Å². The van der Waals surface area contributed by atoms with Crippen LogP contribution in [0.1, 0.15) is 33.4 Å². The number of fused-ring (bicyclic) bond motifs is 3. The molecule has 0 bridgehead atoms. The van der Waals surface area contributed by atoms with Gasteiger partial charge in [0.05, 0.1) is 12.0 Å². The second-order valence-corrected chi connectivity index (χ2v) is 8.97. The topological polar surface area (TPSA) is 69.9 Å². The van der Waals surface area contributed by atoms with E-state index in [4.69, 9.17) is 9.84 Å². The molecule has 1 unspecified atom stereocenters. The van der Waals surface area contributed by atoms with Gasteiger partial charge in [-0.05, 0) is 70.5 Å². The van der Waals surface area contributed by atoms with Gasteiger partial charge in [0, 0.05) is 0 Å². The zero-order valence-electron chi connectivity index (χ0n) is 19.3. The minimum Gasteiger partial charge on any atom is -0.508 e. The summed E-state index contributed by atoms with van der Waals surface area (Å²) < 4.78 is 5.78. The SMILES string of the molecule is Cc1cc(C2(c3ccc(OCC(O)CO)c(C)c3)c3ccccc3-c3ccccc32)ccc1O. The van der Waals surface area contributed by atoms with Gasteiger partial charge in [-0.15, -0.1) is 0 Å². The van der Waals surface area contributed by atoms with Gasteiger partial charge in [0.25, 0.3) is 0 Å². The molecule has 1 atom stereocenters. The zero-order chi connectivity index (χ0) is 23.9. The normalized spacial score (nSPS) is 14.4. The molecule has 0 aromatic heterocycles. The molecule has 0 spiro atoms. The Labute approximate surface area is 199 Å². The lowest BCUT2D eigenvalue weighted by molar-refractivity contribution is 0.0534. The Hall–Kier alpha value is -3.60. The van der Waals surface area contributed by atoms with Gasteiger partial charge in [0.2, 0.25) is 0 Å². The first-order valence-corrected chi connectivity index (χ1v) is 11.5. The summed E-state index contributed by atoms with van der Waals surface area (Å²) in [5.41, 5.74) is 8.20. The molecule has 0 fully saturated rings. The van der Waals surface area contributed by atoms with E-state index in [-0.39, 0.29) is 19.0 Å². The van der Waals surface area contributed by atoms with Crippen molar-refractivity contribution < 1.29 is 20.1 Å². The Bertz CT molecular complexity index is 1310. The van der Waals surface area contributed by atoms with Crippen molar-refractivity contribution >= 4 is 0 Å². The van der Waals surface area contributed by atoms with Crippen LogP contribution in [0.4, 0.5) is 0 Å². The summed E-state index contributed by atoms with van der Waals surface area (Å²) in [5, 5.41) is 29.1. The van der Waals surface area contributed by atoms with E-state index >= 15 is 0 Å². The van der Waals surface area contributed by atoms with Crippen molar-refractivity contribution in [1.82, 2.24) is 0 Å². The number of aliphatic hydroxyl groups excluding tert-OH is 2. The fraction of sp³-hybridized carbons (Fsp3) is 0.200. The molecule has 0 saturated carbocycles. The van der Waals surface area contributed by atoms with Gasteiger partial charge in [-0.2, -0.15) is 0 Å². The van der Waals surface area contributed by atoms with E-state index in [1.807, 2.05) is 26.0 Å². The van der Waals surface area contributed by atoms with Crippen molar-refractivity contribution in [2.24, 2.45) is 0 Å². The number of phenolic OH excluding ortho intramolecular Hbond substituents is 1. The Morgan fingerprint density at radius 1 is 0.765 bits per heavy atom. The molecule has 4 aromatic carbocycles. The monoisotopic (exact) mass is 452 g/mol. The van der Waals surface area contributed by atoms with Crippen LogP contribution in [-0.2, 0) is 5.41 Å². The lowest BCUT2D eigenvalue weighted by atomic mass is 9.67. The van der Waals surface area contributed by atoms with E-state index in [9.17, 15) is 10.2 Å². The fourth-order valence-corrected chi connectivity index (χ4v) is 5.20. The molecule has 0 aliphatic heterocycles. The molecule has 0 amide bonds. The average molecular weight is 453 g/mol. The fourth-order valence-electron chi connectivity index (χ4n) is 5.20. The Morgan fingerprint density at radius 2 is 1.32 bits per heavy atom. The standard InChI is InChI=1S/C30H28O4/c1-19-15-21(11-13-28(19)33)30(22-12-14-29(20(2)16-22)34-18-23(32)17-31)26-9-5-3-7-24(26)25-8-4-6-10-27(25)30/h3-16,23,31-33H,17-18H2,1-2H3. The van der Waals surface area contributed by atoms with Crippen molar-refractivity contribution in [3.05, 3.63) is 118 Å². The maximum Gasteiger partial charge on any atom is 0.122 e. The van der Waals surface area contributed by atoms with Crippen molar-refractivity contribution in [2.75, 3.05) is 13.2 Å². The van der Waals surface area contributed by atoms with Crippen molar-refractivity contribution in [3.8, 4) is 22.6 Å². The Morgan fingerprint density at radius 3 is 1.88 bits per heavy atom. The highest BCUT2D eigenvalue weighted by Crippen LogP contribution is 2.56. The van der Waals surface area contributed by atoms with E-state index in [0.29, 0.717) is 5.75 Å². The van der Waals surface area contributed by atoms with Crippen LogP contribution in [-0.4, -0.2) is 34.6 Å². The third-order valence-electron chi connectivity index (χ3n) is 6.83. The van der Waals surface area contributed by atoms with Gasteiger partial charge in [0.15, 0.2) is 0 Å². The van der Waals surface area contributed by atoms with Crippen LogP contribution in [0.2, 0.25) is 0 Å². The first-order valence-electron chi connectivity index (χ1n) is 11.5. The second-order valence-electron chi connectivity index (χ2n) is 8.97. The van der Waals surface area contributed by atoms with Crippen LogP contribution in [0.15, 0.2) is 84.9 Å². The number of aryl methyl sites for hydroxylation is 2. The number of rotatable bonds is 6. The highest BCUT2D eigenvalue weighted by atomic mass is 16.5. The van der Waals surface area contributed by atoms with E-state index in [0.717, 1.165) is 22.3 Å². The predicted molar refractivity (Wildman–Crippen MR) is 133 cm³/mol. The molecule has 34 heavy (non-hydrogen) atoms. The van der Waals surface area contributed by atoms with E-state index in [1.165, 1.54) is 22.3 Å². The molecule has 172 valence electrons. The van der Waals surface area contributed by atoms with E-state index in [1.54, 1.807) is 6.07 Å². The van der Waals surface area contributed by atoms with E-state index < -0.39 is 11.5 Å². The third-order valence-corrected chi connectivity index (χ3v) is 6.83. The van der Waals surface area contributed by atoms with Crippen LogP contribution in [0.25, 0.3) is 11.1 Å². The molecule has 3 N–H and O–H groups in total. The molecule has 1 aliphatic carbocycles. The molecular weight excluding hydrogens is 424 g/mol. The van der Waals surface area contributed by atoms with Crippen molar-refractivity contribution in [3.63, 3.8) is 0 Å².